The number of ether oxygens (including phenoxy) is 2. The van der Waals surface area contributed by atoms with Crippen molar-refractivity contribution < 1.29 is 65.5 Å². The number of benzene rings is 2. The van der Waals surface area contributed by atoms with Crippen LogP contribution in [0.1, 0.15) is 41.5 Å². The van der Waals surface area contributed by atoms with Crippen molar-refractivity contribution in [1.82, 2.24) is 19.1 Å². The van der Waals surface area contributed by atoms with Gasteiger partial charge in [-0.2, -0.15) is 0 Å². The zero-order chi connectivity index (χ0) is 50.2. The number of carboxylic acid groups (broad SMARTS) is 1. The maximum atomic E-state index is 15.1. The molecule has 0 aliphatic carbocycles. The molecule has 7 N–H and O–H groups in total. The average molecular weight is 977 g/mol. The number of carboxylic acids is 1. The number of esters is 2. The third-order valence-electron chi connectivity index (χ3n) is 10.4. The van der Waals surface area contributed by atoms with Crippen molar-refractivity contribution in [2.75, 3.05) is 61.2 Å². The van der Waals surface area contributed by atoms with E-state index in [-0.39, 0.29) is 77.5 Å². The summed E-state index contributed by atoms with van der Waals surface area (Å²) in [7, 11) is 1.00. The van der Waals surface area contributed by atoms with Crippen LogP contribution in [0.15, 0.2) is 52.3 Å². The number of fused-ring (bicyclic) bond motifs is 2. The second-order valence-electron chi connectivity index (χ2n) is 15.2. The van der Waals surface area contributed by atoms with Crippen molar-refractivity contribution in [3.8, 4) is 11.6 Å². The summed E-state index contributed by atoms with van der Waals surface area (Å²) in [5.74, 6) is -12.1. The minimum absolute atomic E-state index is 0.00974. The van der Waals surface area contributed by atoms with Gasteiger partial charge in [0.25, 0.3) is 0 Å². The molecule has 0 spiro atoms. The fourth-order valence-electron chi connectivity index (χ4n) is 7.05. The van der Waals surface area contributed by atoms with Crippen LogP contribution in [0.5, 0.6) is 0 Å². The predicted octanol–water partition coefficient (Wildman–Crippen LogP) is 4.48. The number of aromatic carboxylic acids is 1. The molecule has 2 fully saturated rings. The molecule has 2 saturated heterocycles. The van der Waals surface area contributed by atoms with Crippen LogP contribution in [0.3, 0.4) is 0 Å². The molecule has 0 saturated carbocycles. The number of hydrogen-bond donors (Lipinski definition) is 5. The molecule has 8 rings (SSSR count). The average Bonchev–Trinajstić information content (AvgIpc) is 3.25. The van der Waals surface area contributed by atoms with E-state index in [4.69, 9.17) is 37.6 Å². The molecule has 18 nitrogen and oxygen atoms in total. The number of aliphatic hydroxyl groups is 2. The van der Waals surface area contributed by atoms with Gasteiger partial charge in [0.2, 0.25) is 10.9 Å². The molecule has 6 aromatic rings. The first-order valence-electron chi connectivity index (χ1n) is 20.0. The van der Waals surface area contributed by atoms with Crippen LogP contribution < -0.4 is 32.1 Å². The third kappa shape index (κ3) is 9.41. The Labute approximate surface area is 384 Å². The molecule has 6 heterocycles. The van der Waals surface area contributed by atoms with Crippen molar-refractivity contribution >= 4 is 74.3 Å². The lowest BCUT2D eigenvalue weighted by molar-refractivity contribution is -0.153. The Morgan fingerprint density at radius 2 is 1.29 bits per heavy atom. The summed E-state index contributed by atoms with van der Waals surface area (Å²) < 4.78 is 98.6. The van der Waals surface area contributed by atoms with Gasteiger partial charge in [0.05, 0.1) is 69.9 Å². The Morgan fingerprint density at radius 3 is 1.82 bits per heavy atom. The Hall–Kier alpha value is -7.44. The molecule has 2 aliphatic rings. The summed E-state index contributed by atoms with van der Waals surface area (Å²) in [6.07, 6.45) is 0.605. The Kier molecular flexibility index (Phi) is 14.6. The van der Waals surface area contributed by atoms with Gasteiger partial charge >= 0.3 is 17.9 Å². The summed E-state index contributed by atoms with van der Waals surface area (Å²) in [6.45, 7) is 5.40. The molecule has 360 valence electrons. The highest BCUT2D eigenvalue weighted by Crippen LogP contribution is 2.39. The van der Waals surface area contributed by atoms with E-state index < -0.39 is 110 Å². The lowest BCUT2D eigenvalue weighted by atomic mass is 10.1. The van der Waals surface area contributed by atoms with Crippen molar-refractivity contribution in [1.29, 1.82) is 0 Å². The second kappa shape index (κ2) is 19.8. The third-order valence-corrected chi connectivity index (χ3v) is 10.8. The van der Waals surface area contributed by atoms with Crippen molar-refractivity contribution in [2.45, 2.75) is 33.0 Å². The molecule has 0 amide bonds. The lowest BCUT2D eigenvalue weighted by Gasteiger charge is -2.40. The van der Waals surface area contributed by atoms with Crippen molar-refractivity contribution in [3.63, 3.8) is 0 Å². The van der Waals surface area contributed by atoms with Gasteiger partial charge in [-0.15, -0.1) is 0 Å². The molecule has 4 aromatic heterocycles. The maximum Gasteiger partial charge on any atom is 0.343 e. The lowest BCUT2D eigenvalue weighted by Crippen LogP contribution is -2.53. The molecular weight excluding hydrogens is 938 g/mol. The highest BCUT2D eigenvalue weighted by molar-refractivity contribution is 6.38. The smallest absolute Gasteiger partial charge is 0.343 e. The number of anilines is 4. The molecule has 0 radical (unpaired) electrons. The van der Waals surface area contributed by atoms with E-state index in [1.807, 2.05) is 0 Å². The van der Waals surface area contributed by atoms with Gasteiger partial charge in [0, 0.05) is 44.7 Å². The van der Waals surface area contributed by atoms with E-state index in [1.165, 1.54) is 17.9 Å². The van der Waals surface area contributed by atoms with Crippen LogP contribution >= 0.6 is 11.6 Å². The fraction of sp³-hybridized carbons (Fsp3) is 0.279. The number of β-amino-alcohol motifs (C(OH)–C–C–N with tert-alkyl or cyclic N) is 1. The Bertz CT molecular complexity index is 3140. The molecule has 0 bridgehead atoms. The van der Waals surface area contributed by atoms with Gasteiger partial charge in [-0.25, -0.2) is 45.9 Å². The van der Waals surface area contributed by atoms with Gasteiger partial charge in [-0.05, 0) is 25.1 Å². The molecule has 0 unspecified atom stereocenters. The van der Waals surface area contributed by atoms with Crippen molar-refractivity contribution in [3.05, 3.63) is 114 Å². The highest BCUT2D eigenvalue weighted by Gasteiger charge is 2.34. The largest absolute Gasteiger partial charge is 0.477 e. The van der Waals surface area contributed by atoms with Gasteiger partial charge in [0.1, 0.15) is 28.9 Å². The highest BCUT2D eigenvalue weighted by atomic mass is 35.5. The Morgan fingerprint density at radius 1 is 0.765 bits per heavy atom. The maximum absolute atomic E-state index is 15.1. The fourth-order valence-corrected chi connectivity index (χ4v) is 7.45. The SMILES string of the molecule is CCOC(=O)c1cn(-c2nc(N)c(F)cc2F)c2cc(N3CC(OC(=O)C(C)C)C3)c(F)cc2c1=O.CO.Nc1nc(-n2cc(C(=O)O)c(=O)c3cc(F)c(N4CC(O)C4)c(Cl)c32)c(F)cc1F. The number of nitrogen functional groups attached to an aromatic ring is 2. The second-order valence-corrected chi connectivity index (χ2v) is 15.6. The summed E-state index contributed by atoms with van der Waals surface area (Å²) in [5.41, 5.74) is 7.36. The molecule has 0 atom stereocenters. The number of pyridine rings is 4. The van der Waals surface area contributed by atoms with Gasteiger partial charge in [-0.1, -0.05) is 25.4 Å². The number of rotatable bonds is 9. The van der Waals surface area contributed by atoms with Gasteiger partial charge in [-0.3, -0.25) is 23.5 Å². The van der Waals surface area contributed by atoms with E-state index in [2.05, 4.69) is 9.97 Å². The van der Waals surface area contributed by atoms with Crippen molar-refractivity contribution in [2.24, 2.45) is 5.92 Å². The van der Waals surface area contributed by atoms with Gasteiger partial charge < -0.3 is 46.1 Å². The molecule has 2 aromatic carbocycles. The quantitative estimate of drug-likeness (QED) is 0.0989. The molecule has 2 aliphatic heterocycles. The van der Waals surface area contributed by atoms with E-state index in [1.54, 1.807) is 18.7 Å². The molecule has 68 heavy (non-hydrogen) atoms. The zero-order valence-electron chi connectivity index (χ0n) is 36.0. The van der Waals surface area contributed by atoms with Crippen LogP contribution in [-0.2, 0) is 14.3 Å². The number of aliphatic hydroxyl groups excluding tert-OH is 2. The number of aromatic nitrogens is 4. The monoisotopic (exact) mass is 976 g/mol. The number of hydrogen-bond acceptors (Lipinski definition) is 15. The van der Waals surface area contributed by atoms with Crippen LogP contribution in [0.2, 0.25) is 5.02 Å². The summed E-state index contributed by atoms with van der Waals surface area (Å²) >= 11 is 6.36. The summed E-state index contributed by atoms with van der Waals surface area (Å²) in [4.78, 5) is 71.7. The first-order chi connectivity index (χ1) is 32.1. The van der Waals surface area contributed by atoms with Gasteiger partial charge in [0.15, 0.2) is 46.5 Å². The molecule has 25 heteroatoms. The number of nitrogens with zero attached hydrogens (tertiary/aromatic N) is 6. The number of carbonyl (C=O) groups is 3. The number of nitrogens with two attached hydrogens (primary N) is 2. The summed E-state index contributed by atoms with van der Waals surface area (Å²) in [6, 6.07) is 3.93. The normalized spacial score (nSPS) is 13.6. The summed E-state index contributed by atoms with van der Waals surface area (Å²) in [5, 5.41) is 24.8. The Balaban J connectivity index is 0.000000219. The van der Waals surface area contributed by atoms with E-state index >= 15 is 4.39 Å². The standard InChI is InChI=1S/C24H23F3N4O5.C18H12ClF3N4O4.CH4O/c1-4-35-24(34)14-10-31(22-17(27)6-16(26)21(28)29-22)18-7-19(15(25)5-13(18)20(14)32)30-8-12(9-30)36-23(33)11(2)3;19-12-13-7(1-9(20)14(12)25-3-6(27)4-25)15(28)8(18(29)30)5-26(13)17-11(22)2-10(21)16(23)24-17;1-2/h5-7,10-12H,4,8-9H2,1-3H3,(H2,28,29);1-2,5-6,27H,3-4H2,(H2,23,24)(H,29,30);2H,1H3. The zero-order valence-corrected chi connectivity index (χ0v) is 36.7. The van der Waals surface area contributed by atoms with E-state index in [0.29, 0.717) is 12.1 Å². The minimum atomic E-state index is -1.65. The number of halogens is 7. The van der Waals surface area contributed by atoms with Crippen LogP contribution in [0, 0.1) is 40.8 Å². The molecular formula is C43H39ClF6N8O10. The van der Waals surface area contributed by atoms with Crippen LogP contribution in [-0.4, -0.2) is 104 Å². The van der Waals surface area contributed by atoms with Crippen LogP contribution in [0.25, 0.3) is 33.4 Å². The minimum Gasteiger partial charge on any atom is -0.477 e. The first-order valence-corrected chi connectivity index (χ1v) is 20.4. The first kappa shape index (κ1) is 50.0. The van der Waals surface area contributed by atoms with E-state index in [9.17, 15) is 56.1 Å². The topological polar surface area (TPSA) is 259 Å². The number of carbonyl (C=O) groups excluding carboxylic acids is 2. The van der Waals surface area contributed by atoms with Crippen LogP contribution in [0.4, 0.5) is 49.4 Å². The van der Waals surface area contributed by atoms with E-state index in [0.717, 1.165) is 40.8 Å². The predicted molar refractivity (Wildman–Crippen MR) is 234 cm³/mol.